The summed E-state index contributed by atoms with van der Waals surface area (Å²) in [7, 11) is 1.70. The number of aromatic nitrogens is 2. The van der Waals surface area contributed by atoms with Gasteiger partial charge in [0.2, 0.25) is 0 Å². The van der Waals surface area contributed by atoms with E-state index in [1.54, 1.807) is 36.2 Å². The molecule has 1 aromatic rings. The van der Waals surface area contributed by atoms with Crippen LogP contribution in [-0.4, -0.2) is 57.2 Å². The maximum Gasteiger partial charge on any atom is 0.320 e. The van der Waals surface area contributed by atoms with Crippen LogP contribution in [0.3, 0.4) is 0 Å². The number of H-pyrrole nitrogens is 1. The second-order valence-corrected chi connectivity index (χ2v) is 5.28. The van der Waals surface area contributed by atoms with E-state index in [1.807, 2.05) is 0 Å². The van der Waals surface area contributed by atoms with Gasteiger partial charge in [0.15, 0.2) is 0 Å². The first-order valence-electron chi connectivity index (χ1n) is 6.13. The molecule has 7 nitrogen and oxygen atoms in total. The first kappa shape index (κ1) is 13.4. The number of carbonyl (C=O) groups excluding carboxylic acids is 1. The van der Waals surface area contributed by atoms with Crippen molar-refractivity contribution in [2.45, 2.75) is 19.9 Å². The SMILES string of the molecule is CN(Cc1cn[nH]c1)C(=O)N1CCC(C)(C(=O)O)C1. The van der Waals surface area contributed by atoms with Gasteiger partial charge in [0, 0.05) is 31.9 Å². The summed E-state index contributed by atoms with van der Waals surface area (Å²) in [5, 5.41) is 15.7. The summed E-state index contributed by atoms with van der Waals surface area (Å²) in [5.41, 5.74) is 0.0858. The van der Waals surface area contributed by atoms with Crippen molar-refractivity contribution in [3.8, 4) is 0 Å². The van der Waals surface area contributed by atoms with E-state index in [2.05, 4.69) is 10.2 Å². The van der Waals surface area contributed by atoms with Crippen LogP contribution >= 0.6 is 0 Å². The molecule has 0 spiro atoms. The highest BCUT2D eigenvalue weighted by Gasteiger charge is 2.42. The number of hydrogen-bond donors (Lipinski definition) is 2. The second kappa shape index (κ2) is 4.91. The predicted octanol–water partition coefficient (Wildman–Crippen LogP) is 0.758. The van der Waals surface area contributed by atoms with Crippen molar-refractivity contribution in [2.75, 3.05) is 20.1 Å². The fourth-order valence-corrected chi connectivity index (χ4v) is 2.25. The lowest BCUT2D eigenvalue weighted by molar-refractivity contribution is -0.147. The van der Waals surface area contributed by atoms with Crippen LogP contribution in [0, 0.1) is 5.41 Å². The first-order valence-corrected chi connectivity index (χ1v) is 6.13. The number of carboxylic acid groups (broad SMARTS) is 1. The zero-order chi connectivity index (χ0) is 14.0. The Hall–Kier alpha value is -2.05. The Bertz CT molecular complexity index is 473. The number of carbonyl (C=O) groups is 2. The van der Waals surface area contributed by atoms with Gasteiger partial charge in [-0.05, 0) is 13.3 Å². The van der Waals surface area contributed by atoms with Crippen LogP contribution in [0.5, 0.6) is 0 Å². The van der Waals surface area contributed by atoms with Crippen molar-refractivity contribution in [3.63, 3.8) is 0 Å². The smallest absolute Gasteiger partial charge is 0.320 e. The van der Waals surface area contributed by atoms with E-state index in [0.29, 0.717) is 19.5 Å². The van der Waals surface area contributed by atoms with E-state index in [9.17, 15) is 9.59 Å². The molecule has 1 saturated heterocycles. The minimum Gasteiger partial charge on any atom is -0.481 e. The topological polar surface area (TPSA) is 89.5 Å². The quantitative estimate of drug-likeness (QED) is 0.845. The summed E-state index contributed by atoms with van der Waals surface area (Å²) in [5.74, 6) is -0.847. The molecule has 2 amide bonds. The van der Waals surface area contributed by atoms with Gasteiger partial charge in [-0.3, -0.25) is 9.89 Å². The third-order valence-corrected chi connectivity index (χ3v) is 3.56. The number of hydrogen-bond acceptors (Lipinski definition) is 3. The van der Waals surface area contributed by atoms with Crippen molar-refractivity contribution < 1.29 is 14.7 Å². The molecule has 0 aromatic carbocycles. The maximum atomic E-state index is 12.2. The largest absolute Gasteiger partial charge is 0.481 e. The normalized spacial score (nSPS) is 22.5. The molecule has 104 valence electrons. The lowest BCUT2D eigenvalue weighted by Crippen LogP contribution is -2.41. The molecule has 0 aliphatic carbocycles. The number of likely N-dealkylation sites (tertiary alicyclic amines) is 1. The van der Waals surface area contributed by atoms with Gasteiger partial charge in [0.1, 0.15) is 0 Å². The predicted molar refractivity (Wildman–Crippen MR) is 67.4 cm³/mol. The van der Waals surface area contributed by atoms with Crippen LogP contribution in [0.2, 0.25) is 0 Å². The highest BCUT2D eigenvalue weighted by atomic mass is 16.4. The van der Waals surface area contributed by atoms with Crippen molar-refractivity contribution in [1.82, 2.24) is 20.0 Å². The Morgan fingerprint density at radius 3 is 2.89 bits per heavy atom. The third kappa shape index (κ3) is 2.69. The average molecular weight is 266 g/mol. The Labute approximate surface area is 111 Å². The molecule has 7 heteroatoms. The molecule has 19 heavy (non-hydrogen) atoms. The monoisotopic (exact) mass is 266 g/mol. The summed E-state index contributed by atoms with van der Waals surface area (Å²) < 4.78 is 0. The zero-order valence-electron chi connectivity index (χ0n) is 11.1. The molecule has 1 atom stereocenters. The van der Waals surface area contributed by atoms with Gasteiger partial charge in [0.05, 0.1) is 18.2 Å². The van der Waals surface area contributed by atoms with Gasteiger partial charge in [-0.15, -0.1) is 0 Å². The van der Waals surface area contributed by atoms with Gasteiger partial charge in [-0.25, -0.2) is 4.79 Å². The molecule has 2 N–H and O–H groups in total. The van der Waals surface area contributed by atoms with E-state index in [-0.39, 0.29) is 12.6 Å². The summed E-state index contributed by atoms with van der Waals surface area (Å²) in [6.45, 7) is 2.88. The van der Waals surface area contributed by atoms with E-state index in [0.717, 1.165) is 5.56 Å². The number of rotatable bonds is 3. The minimum absolute atomic E-state index is 0.147. The standard InChI is InChI=1S/C12H18N4O3/c1-12(10(17)18)3-4-16(8-12)11(19)15(2)7-9-5-13-14-6-9/h5-6H,3-4,7-8H2,1-2H3,(H,13,14)(H,17,18). The number of nitrogens with one attached hydrogen (secondary N) is 1. The average Bonchev–Trinajstić information content (AvgIpc) is 2.98. The maximum absolute atomic E-state index is 12.2. The highest BCUT2D eigenvalue weighted by molar-refractivity contribution is 5.79. The molecule has 2 rings (SSSR count). The second-order valence-electron chi connectivity index (χ2n) is 5.28. The number of aliphatic carboxylic acids is 1. The molecule has 0 saturated carbocycles. The van der Waals surface area contributed by atoms with Crippen LogP contribution in [0.4, 0.5) is 4.79 Å². The highest BCUT2D eigenvalue weighted by Crippen LogP contribution is 2.30. The molecule has 0 bridgehead atoms. The van der Waals surface area contributed by atoms with Gasteiger partial charge in [-0.2, -0.15) is 5.10 Å². The van der Waals surface area contributed by atoms with Gasteiger partial charge in [-0.1, -0.05) is 0 Å². The van der Waals surface area contributed by atoms with E-state index >= 15 is 0 Å². The van der Waals surface area contributed by atoms with Crippen molar-refractivity contribution >= 4 is 12.0 Å². The van der Waals surface area contributed by atoms with Gasteiger partial charge in [0.25, 0.3) is 0 Å². The number of amides is 2. The lowest BCUT2D eigenvalue weighted by atomic mass is 9.90. The Morgan fingerprint density at radius 2 is 2.37 bits per heavy atom. The number of nitrogens with zero attached hydrogens (tertiary/aromatic N) is 3. The fraction of sp³-hybridized carbons (Fsp3) is 0.583. The summed E-state index contributed by atoms with van der Waals surface area (Å²) >= 11 is 0. The van der Waals surface area contributed by atoms with E-state index < -0.39 is 11.4 Å². The molecule has 1 fully saturated rings. The Kier molecular flexibility index (Phi) is 3.46. The van der Waals surface area contributed by atoms with Crippen molar-refractivity contribution in [2.24, 2.45) is 5.41 Å². The van der Waals surface area contributed by atoms with Crippen LogP contribution in [0.25, 0.3) is 0 Å². The molecule has 1 aromatic heterocycles. The van der Waals surface area contributed by atoms with Crippen LogP contribution in [-0.2, 0) is 11.3 Å². The number of aromatic amines is 1. The van der Waals surface area contributed by atoms with Crippen LogP contribution < -0.4 is 0 Å². The molecule has 1 aliphatic heterocycles. The summed E-state index contributed by atoms with van der Waals surface area (Å²) in [6, 6.07) is -0.147. The molecular formula is C12H18N4O3. The van der Waals surface area contributed by atoms with E-state index in [4.69, 9.17) is 5.11 Å². The van der Waals surface area contributed by atoms with E-state index in [1.165, 1.54) is 0 Å². The molecular weight excluding hydrogens is 248 g/mol. The zero-order valence-corrected chi connectivity index (χ0v) is 11.1. The first-order chi connectivity index (χ1) is 8.92. The van der Waals surface area contributed by atoms with Crippen LogP contribution in [0.1, 0.15) is 18.9 Å². The number of carboxylic acids is 1. The summed E-state index contributed by atoms with van der Waals surface area (Å²) in [4.78, 5) is 26.5. The van der Waals surface area contributed by atoms with Crippen molar-refractivity contribution in [1.29, 1.82) is 0 Å². The Balaban J connectivity index is 1.96. The molecule has 2 heterocycles. The number of urea groups is 1. The molecule has 1 unspecified atom stereocenters. The lowest BCUT2D eigenvalue weighted by Gasteiger charge is -2.25. The fourth-order valence-electron chi connectivity index (χ4n) is 2.25. The van der Waals surface area contributed by atoms with Gasteiger partial charge < -0.3 is 14.9 Å². The van der Waals surface area contributed by atoms with Gasteiger partial charge >= 0.3 is 12.0 Å². The van der Waals surface area contributed by atoms with Crippen LogP contribution in [0.15, 0.2) is 12.4 Å². The summed E-state index contributed by atoms with van der Waals surface area (Å²) in [6.07, 6.45) is 3.89. The third-order valence-electron chi connectivity index (χ3n) is 3.56. The Morgan fingerprint density at radius 1 is 1.63 bits per heavy atom. The molecule has 1 aliphatic rings. The van der Waals surface area contributed by atoms with Crippen molar-refractivity contribution in [3.05, 3.63) is 18.0 Å². The molecule has 0 radical (unpaired) electrons. The minimum atomic E-state index is -0.847.